The van der Waals surface area contributed by atoms with Crippen LogP contribution in [0.4, 0.5) is 0 Å². The van der Waals surface area contributed by atoms with E-state index >= 15 is 0 Å². The minimum atomic E-state index is -4.39. The van der Waals surface area contributed by atoms with Crippen LogP contribution in [0.2, 0.25) is 0 Å². The molecular weight excluding hydrogens is 545 g/mol. The molecule has 2 atom stereocenters. The Morgan fingerprint density at radius 3 is 1.61 bits per heavy atom. The molecule has 0 aliphatic rings. The Hall–Kier alpha value is -2.81. The lowest BCUT2D eigenvalue weighted by Crippen LogP contribution is -2.25. The summed E-state index contributed by atoms with van der Waals surface area (Å²) in [7, 11) is -4.39. The van der Waals surface area contributed by atoms with Crippen LogP contribution in [0.3, 0.4) is 0 Å². The number of aliphatic hydroxyl groups excluding tert-OH is 1. The average molecular weight is 594 g/mol. The predicted octanol–water partition coefficient (Wildman–Crippen LogP) is 6.19. The summed E-state index contributed by atoms with van der Waals surface area (Å²) in [5, 5.41) is 12.2. The molecule has 0 fully saturated rings. The first-order chi connectivity index (χ1) is 19.8. The lowest BCUT2D eigenvalue weighted by molar-refractivity contribution is -0.146. The van der Waals surface area contributed by atoms with Gasteiger partial charge in [0.1, 0.15) is 12.7 Å². The Labute approximate surface area is 245 Å². The highest BCUT2D eigenvalue weighted by atomic mass is 31.2. The number of rotatable bonds is 24. The number of carbonyl (C=O) groups excluding carboxylic acids is 2. The molecule has 0 rings (SSSR count). The number of ether oxygens (including phenoxy) is 1. The Kier molecular flexibility index (Phi) is 25.5. The van der Waals surface area contributed by atoms with Crippen molar-refractivity contribution in [3.63, 3.8) is 0 Å². The van der Waals surface area contributed by atoms with Gasteiger partial charge in [0.15, 0.2) is 0 Å². The number of allylic oxidation sites excluding steroid dienone is 13. The number of carbonyl (C=O) groups is 2. The largest absolute Gasteiger partial charge is 0.472 e. The van der Waals surface area contributed by atoms with Crippen LogP contribution < -0.4 is 5.32 Å². The first-order valence-corrected chi connectivity index (χ1v) is 15.5. The van der Waals surface area contributed by atoms with Gasteiger partial charge in [-0.1, -0.05) is 92.0 Å². The third-order valence-electron chi connectivity index (χ3n) is 4.92. The van der Waals surface area contributed by atoms with E-state index in [4.69, 9.17) is 4.74 Å². The number of hydrogen-bond donors (Lipinski definition) is 3. The number of esters is 1. The summed E-state index contributed by atoms with van der Waals surface area (Å²) in [4.78, 5) is 32.0. The maximum Gasteiger partial charge on any atom is 0.472 e. The lowest BCUT2D eigenvalue weighted by Gasteiger charge is -2.15. The van der Waals surface area contributed by atoms with Crippen molar-refractivity contribution in [1.82, 2.24) is 5.32 Å². The van der Waals surface area contributed by atoms with Crippen LogP contribution in [0, 0.1) is 0 Å². The fraction of sp³-hybridized carbons (Fsp3) is 0.484. The van der Waals surface area contributed by atoms with Crippen LogP contribution >= 0.6 is 7.82 Å². The molecule has 10 heteroatoms. The summed E-state index contributed by atoms with van der Waals surface area (Å²) in [6.45, 7) is 2.30. The molecule has 41 heavy (non-hydrogen) atoms. The highest BCUT2D eigenvalue weighted by Crippen LogP contribution is 2.42. The standard InChI is InChI=1S/C31H48NO8P/c1-3-4-5-6-7-8-9-10-11-12-13-14-15-16-17-18-19-20-21-22-23-24-31(35)38-27-30(34)28-40-41(36,37)39-26-25-32-29(2)33/h4-5,7-8,10-11,13-14,16-17,19-20,22-23,30,34H,3,6,9,12,15,18,21,24-28H2,1-2H3,(H,32,33)(H,36,37)/b5-4-,8-7-,11-10-,14-13-,17-16-,20-19-,23-22-. The number of hydrogen-bond acceptors (Lipinski definition) is 7. The maximum atomic E-state index is 11.7. The zero-order valence-corrected chi connectivity index (χ0v) is 25.3. The summed E-state index contributed by atoms with van der Waals surface area (Å²) in [6, 6.07) is 0. The highest BCUT2D eigenvalue weighted by Gasteiger charge is 2.23. The Balaban J connectivity index is 3.81. The normalized spacial score (nSPS) is 14.9. The molecule has 230 valence electrons. The molecule has 0 radical (unpaired) electrons. The third-order valence-corrected chi connectivity index (χ3v) is 5.90. The molecule has 0 bridgehead atoms. The van der Waals surface area contributed by atoms with Crippen LogP contribution in [0.25, 0.3) is 0 Å². The van der Waals surface area contributed by atoms with Crippen LogP contribution in [0.5, 0.6) is 0 Å². The Morgan fingerprint density at radius 2 is 1.17 bits per heavy atom. The molecule has 1 amide bonds. The van der Waals surface area contributed by atoms with Gasteiger partial charge in [0.25, 0.3) is 0 Å². The molecule has 0 aliphatic carbocycles. The predicted molar refractivity (Wildman–Crippen MR) is 164 cm³/mol. The van der Waals surface area contributed by atoms with Crippen molar-refractivity contribution in [1.29, 1.82) is 0 Å². The minimum Gasteiger partial charge on any atom is -0.463 e. The second-order valence-corrected chi connectivity index (χ2v) is 10.2. The molecule has 0 aromatic rings. The molecule has 0 aliphatic heterocycles. The lowest BCUT2D eigenvalue weighted by atomic mass is 10.2. The van der Waals surface area contributed by atoms with Crippen molar-refractivity contribution in [3.8, 4) is 0 Å². The summed E-state index contributed by atoms with van der Waals surface area (Å²) in [6.07, 6.45) is 34.4. The van der Waals surface area contributed by atoms with Crippen LogP contribution in [-0.2, 0) is 27.9 Å². The second kappa shape index (κ2) is 27.4. The Morgan fingerprint density at radius 1 is 0.732 bits per heavy atom. The van der Waals surface area contributed by atoms with Crippen molar-refractivity contribution in [2.24, 2.45) is 0 Å². The van der Waals surface area contributed by atoms with Crippen LogP contribution in [0.1, 0.15) is 65.2 Å². The van der Waals surface area contributed by atoms with Crippen molar-refractivity contribution in [2.75, 3.05) is 26.4 Å². The van der Waals surface area contributed by atoms with Gasteiger partial charge in [0.2, 0.25) is 5.91 Å². The Bertz CT molecular complexity index is 950. The monoisotopic (exact) mass is 593 g/mol. The summed E-state index contributed by atoms with van der Waals surface area (Å²) in [5.74, 6) is -0.843. The van der Waals surface area contributed by atoms with E-state index in [9.17, 15) is 24.2 Å². The zero-order valence-electron chi connectivity index (χ0n) is 24.4. The first kappa shape index (κ1) is 38.2. The first-order valence-electron chi connectivity index (χ1n) is 14.0. The molecular formula is C31H48NO8P. The SMILES string of the molecule is CC/C=C\C/C=C\C/C=C\C/C=C\C/C=C\C/C=C\C/C=C\CC(=O)OCC(O)COP(=O)(O)OCCNC(C)=O. The van der Waals surface area contributed by atoms with E-state index < -0.39 is 26.5 Å². The van der Waals surface area contributed by atoms with Gasteiger partial charge < -0.3 is 20.1 Å². The minimum absolute atomic E-state index is 0.0387. The van der Waals surface area contributed by atoms with E-state index in [1.54, 1.807) is 6.08 Å². The molecule has 0 saturated heterocycles. The molecule has 0 aromatic carbocycles. The number of phosphoric acid groups is 1. The van der Waals surface area contributed by atoms with Crippen LogP contribution in [-0.4, -0.2) is 54.3 Å². The van der Waals surface area contributed by atoms with Crippen LogP contribution in [0.15, 0.2) is 85.1 Å². The molecule has 9 nitrogen and oxygen atoms in total. The van der Waals surface area contributed by atoms with E-state index in [2.05, 4.69) is 88.1 Å². The molecule has 0 saturated carbocycles. The summed E-state index contributed by atoms with van der Waals surface area (Å²) < 4.78 is 25.9. The maximum absolute atomic E-state index is 11.7. The fourth-order valence-electron chi connectivity index (χ4n) is 2.87. The van der Waals surface area contributed by atoms with Gasteiger partial charge in [-0.3, -0.25) is 18.6 Å². The van der Waals surface area contributed by atoms with Gasteiger partial charge in [0, 0.05) is 13.5 Å². The number of nitrogens with one attached hydrogen (secondary N) is 1. The van der Waals surface area contributed by atoms with E-state index in [-0.39, 0.29) is 32.1 Å². The fourth-order valence-corrected chi connectivity index (χ4v) is 3.63. The molecule has 0 aromatic heterocycles. The molecule has 3 N–H and O–H groups in total. The number of aliphatic hydroxyl groups is 1. The van der Waals surface area contributed by atoms with Gasteiger partial charge in [-0.25, -0.2) is 4.57 Å². The third kappa shape index (κ3) is 30.0. The van der Waals surface area contributed by atoms with E-state index in [1.807, 2.05) is 12.2 Å². The summed E-state index contributed by atoms with van der Waals surface area (Å²) >= 11 is 0. The van der Waals surface area contributed by atoms with Gasteiger partial charge in [-0.2, -0.15) is 0 Å². The average Bonchev–Trinajstić information content (AvgIpc) is 2.94. The smallest absolute Gasteiger partial charge is 0.463 e. The van der Waals surface area contributed by atoms with Gasteiger partial charge >= 0.3 is 13.8 Å². The van der Waals surface area contributed by atoms with Crippen molar-refractivity contribution in [3.05, 3.63) is 85.1 Å². The number of amides is 1. The van der Waals surface area contributed by atoms with E-state index in [0.29, 0.717) is 6.42 Å². The van der Waals surface area contributed by atoms with E-state index in [1.165, 1.54) is 6.92 Å². The van der Waals surface area contributed by atoms with E-state index in [0.717, 1.165) is 38.5 Å². The molecule has 0 heterocycles. The van der Waals surface area contributed by atoms with Gasteiger partial charge in [0.05, 0.1) is 19.6 Å². The van der Waals surface area contributed by atoms with Crippen molar-refractivity contribution >= 4 is 19.7 Å². The summed E-state index contributed by atoms with van der Waals surface area (Å²) in [5.41, 5.74) is 0. The highest BCUT2D eigenvalue weighted by molar-refractivity contribution is 7.47. The molecule has 2 unspecified atom stereocenters. The van der Waals surface area contributed by atoms with Crippen molar-refractivity contribution < 1.29 is 37.9 Å². The number of phosphoric ester groups is 1. The van der Waals surface area contributed by atoms with Gasteiger partial charge in [-0.15, -0.1) is 0 Å². The molecule has 0 spiro atoms. The zero-order chi connectivity index (χ0) is 30.4. The van der Waals surface area contributed by atoms with Gasteiger partial charge in [-0.05, 0) is 44.9 Å². The second-order valence-electron chi connectivity index (χ2n) is 8.74. The quantitative estimate of drug-likeness (QED) is 0.0522. The van der Waals surface area contributed by atoms with Crippen molar-refractivity contribution in [2.45, 2.75) is 71.3 Å². The topological polar surface area (TPSA) is 131 Å².